The van der Waals surface area contributed by atoms with Crippen molar-refractivity contribution >= 4 is 22.8 Å². The van der Waals surface area contributed by atoms with Crippen LogP contribution in [0.2, 0.25) is 0 Å². The van der Waals surface area contributed by atoms with Crippen molar-refractivity contribution in [2.45, 2.75) is 32.2 Å². The van der Waals surface area contributed by atoms with Crippen LogP contribution in [0.1, 0.15) is 35.1 Å². The van der Waals surface area contributed by atoms with Gasteiger partial charge in [0.05, 0.1) is 6.04 Å². The van der Waals surface area contributed by atoms with Crippen LogP contribution in [0.3, 0.4) is 0 Å². The number of aromatic nitrogens is 1. The summed E-state index contributed by atoms with van der Waals surface area (Å²) < 4.78 is 0. The second kappa shape index (κ2) is 10.9. The molecule has 0 radical (unpaired) electrons. The van der Waals surface area contributed by atoms with Crippen molar-refractivity contribution in [3.63, 3.8) is 0 Å². The number of nitrogens with zero attached hydrogens (tertiary/aromatic N) is 1. The largest absolute Gasteiger partial charge is 0.384 e. The van der Waals surface area contributed by atoms with Gasteiger partial charge in [-0.1, -0.05) is 103 Å². The molecule has 1 aliphatic heterocycles. The third kappa shape index (κ3) is 4.72. The fraction of sp³-hybridized carbons (Fsp3) is 0.195. The van der Waals surface area contributed by atoms with E-state index in [1.165, 1.54) is 60.6 Å². The molecular weight excluding hydrogens is 520 g/mol. The molecule has 8 rings (SSSR count). The molecule has 1 N–H and O–H groups in total. The Morgan fingerprint density at radius 2 is 1.56 bits per heavy atom. The minimum atomic E-state index is 0.239. The topological polar surface area (TPSA) is 24.9 Å². The van der Waals surface area contributed by atoms with Gasteiger partial charge in [-0.05, 0) is 106 Å². The van der Waals surface area contributed by atoms with Crippen molar-refractivity contribution in [1.82, 2.24) is 10.3 Å². The van der Waals surface area contributed by atoms with Gasteiger partial charge in [0, 0.05) is 30.1 Å². The van der Waals surface area contributed by atoms with Crippen molar-refractivity contribution in [2.24, 2.45) is 17.8 Å². The molecule has 0 saturated carbocycles. The molecule has 4 unspecified atom stereocenters. The molecule has 4 aliphatic carbocycles. The zero-order valence-corrected chi connectivity index (χ0v) is 24.6. The third-order valence-corrected chi connectivity index (χ3v) is 9.79. The Morgan fingerprint density at radius 1 is 0.791 bits per heavy atom. The van der Waals surface area contributed by atoms with E-state index < -0.39 is 0 Å². The molecular formula is C41H36N2. The standard InChI is InChI=1S/C41H36N2/c1-27-13-14-30-24-34(16-15-29(30)23-27)41-37-11-4-2-9-35(37)40(36-10-3-5-12-38(36)41)33-8-6-7-32(25-33)39-26-31(19-22-43-39)28-17-20-42-21-18-28/h2-14,17-24,26,32,35,37,39,43H,15-16,25H2,1H3. The van der Waals surface area contributed by atoms with Gasteiger partial charge in [0.25, 0.3) is 0 Å². The molecule has 4 atom stereocenters. The molecule has 3 aromatic rings. The lowest BCUT2D eigenvalue weighted by Crippen LogP contribution is -2.41. The van der Waals surface area contributed by atoms with E-state index in [-0.39, 0.29) is 6.04 Å². The second-order valence-corrected chi connectivity index (χ2v) is 12.4. The van der Waals surface area contributed by atoms with Gasteiger partial charge in [0.2, 0.25) is 0 Å². The zero-order valence-electron chi connectivity index (χ0n) is 24.6. The fourth-order valence-electron chi connectivity index (χ4n) is 7.76. The van der Waals surface area contributed by atoms with Gasteiger partial charge in [-0.2, -0.15) is 0 Å². The van der Waals surface area contributed by atoms with Crippen molar-refractivity contribution in [3.8, 4) is 0 Å². The van der Waals surface area contributed by atoms with Crippen LogP contribution in [0, 0.1) is 24.7 Å². The first-order chi connectivity index (χ1) is 21.2. The lowest BCUT2D eigenvalue weighted by Gasteiger charge is -2.37. The summed E-state index contributed by atoms with van der Waals surface area (Å²) in [4.78, 5) is 4.21. The number of pyridine rings is 1. The predicted octanol–water partition coefficient (Wildman–Crippen LogP) is 7.16. The first-order valence-electron chi connectivity index (χ1n) is 15.6. The van der Waals surface area contributed by atoms with Crippen LogP contribution < -0.4 is 15.8 Å². The van der Waals surface area contributed by atoms with Crippen LogP contribution in [-0.4, -0.2) is 11.0 Å². The predicted molar refractivity (Wildman–Crippen MR) is 179 cm³/mol. The van der Waals surface area contributed by atoms with E-state index in [9.17, 15) is 0 Å². The van der Waals surface area contributed by atoms with Crippen LogP contribution in [0.5, 0.6) is 0 Å². The Labute approximate surface area is 254 Å². The monoisotopic (exact) mass is 556 g/mol. The molecule has 0 fully saturated rings. The van der Waals surface area contributed by atoms with Gasteiger partial charge in [-0.15, -0.1) is 0 Å². The highest BCUT2D eigenvalue weighted by Gasteiger charge is 2.35. The van der Waals surface area contributed by atoms with Crippen LogP contribution in [0.4, 0.5) is 0 Å². The first-order valence-corrected chi connectivity index (χ1v) is 15.6. The molecule has 2 aromatic carbocycles. The van der Waals surface area contributed by atoms with E-state index in [2.05, 4.69) is 139 Å². The number of nitrogens with one attached hydrogen (secondary N) is 1. The summed E-state index contributed by atoms with van der Waals surface area (Å²) in [6.07, 6.45) is 32.6. The number of dihydropyridines is 1. The van der Waals surface area contributed by atoms with Crippen molar-refractivity contribution in [2.75, 3.05) is 0 Å². The quantitative estimate of drug-likeness (QED) is 0.369. The molecule has 2 heterocycles. The molecule has 2 nitrogen and oxygen atoms in total. The Bertz CT molecular complexity index is 1940. The number of hydrogen-bond acceptors (Lipinski definition) is 2. The maximum Gasteiger partial charge on any atom is 0.0513 e. The van der Waals surface area contributed by atoms with E-state index in [1.54, 1.807) is 0 Å². The summed E-state index contributed by atoms with van der Waals surface area (Å²) in [7, 11) is 0. The van der Waals surface area contributed by atoms with Crippen molar-refractivity contribution in [1.29, 1.82) is 0 Å². The number of aryl methyl sites for hydroxylation is 2. The van der Waals surface area contributed by atoms with E-state index in [1.807, 2.05) is 12.4 Å². The van der Waals surface area contributed by atoms with Crippen LogP contribution >= 0.6 is 0 Å². The number of allylic oxidation sites excluding steroid dienone is 10. The molecule has 2 heteroatoms. The molecule has 0 bridgehead atoms. The Hall–Kier alpha value is -4.69. The molecule has 0 spiro atoms. The number of benzene rings is 2. The highest BCUT2D eigenvalue weighted by molar-refractivity contribution is 5.85. The highest BCUT2D eigenvalue weighted by Crippen LogP contribution is 2.44. The first kappa shape index (κ1) is 26.0. The SMILES string of the molecule is Cc1ccc2c(c1)CCC(C1=c3ccccc3=C(C3=CC=CC(C4C=C(c5ccncc5)C=CN4)C3)C3C=CC=CC13)=C2. The zero-order chi connectivity index (χ0) is 28.8. The van der Waals surface area contributed by atoms with Gasteiger partial charge in [0.15, 0.2) is 0 Å². The third-order valence-electron chi connectivity index (χ3n) is 9.79. The van der Waals surface area contributed by atoms with E-state index in [0.717, 1.165) is 19.3 Å². The average Bonchev–Trinajstić information content (AvgIpc) is 3.07. The summed E-state index contributed by atoms with van der Waals surface area (Å²) in [5, 5.41) is 6.46. The summed E-state index contributed by atoms with van der Waals surface area (Å²) in [5.74, 6) is 1.04. The Morgan fingerprint density at radius 3 is 2.35 bits per heavy atom. The summed E-state index contributed by atoms with van der Waals surface area (Å²) >= 11 is 0. The molecule has 0 saturated heterocycles. The molecule has 1 aromatic heterocycles. The molecule has 5 aliphatic rings. The van der Waals surface area contributed by atoms with Crippen LogP contribution in [-0.2, 0) is 6.42 Å². The van der Waals surface area contributed by atoms with Gasteiger partial charge < -0.3 is 5.32 Å². The molecule has 0 amide bonds. The van der Waals surface area contributed by atoms with Crippen molar-refractivity contribution < 1.29 is 0 Å². The van der Waals surface area contributed by atoms with Gasteiger partial charge >= 0.3 is 0 Å². The summed E-state index contributed by atoms with van der Waals surface area (Å²) in [5.41, 5.74) is 12.7. The Balaban J connectivity index is 1.22. The van der Waals surface area contributed by atoms with Gasteiger partial charge in [-0.25, -0.2) is 0 Å². The van der Waals surface area contributed by atoms with Crippen molar-refractivity contribution in [3.05, 3.63) is 172 Å². The number of fused-ring (bicyclic) bond motifs is 3. The lowest BCUT2D eigenvalue weighted by atomic mass is 9.67. The summed E-state index contributed by atoms with van der Waals surface area (Å²) in [6.45, 7) is 2.20. The number of rotatable bonds is 4. The minimum absolute atomic E-state index is 0.239. The van der Waals surface area contributed by atoms with E-state index in [4.69, 9.17) is 0 Å². The normalized spacial score (nSPS) is 25.2. The van der Waals surface area contributed by atoms with Crippen LogP contribution in [0.25, 0.3) is 22.8 Å². The minimum Gasteiger partial charge on any atom is -0.384 e. The highest BCUT2D eigenvalue weighted by atomic mass is 14.9. The van der Waals surface area contributed by atoms with E-state index >= 15 is 0 Å². The lowest BCUT2D eigenvalue weighted by molar-refractivity contribution is 0.512. The maximum atomic E-state index is 4.21. The molecule has 43 heavy (non-hydrogen) atoms. The van der Waals surface area contributed by atoms with E-state index in [0.29, 0.717) is 17.8 Å². The van der Waals surface area contributed by atoms with Crippen LogP contribution in [0.15, 0.2) is 139 Å². The van der Waals surface area contributed by atoms with Gasteiger partial charge in [0.1, 0.15) is 0 Å². The second-order valence-electron chi connectivity index (χ2n) is 12.4. The fourth-order valence-corrected chi connectivity index (χ4v) is 7.76. The maximum absolute atomic E-state index is 4.21. The smallest absolute Gasteiger partial charge is 0.0513 e. The summed E-state index contributed by atoms with van der Waals surface area (Å²) in [6, 6.07) is 20.5. The number of hydrogen-bond donors (Lipinski definition) is 1. The van der Waals surface area contributed by atoms with Gasteiger partial charge in [-0.3, -0.25) is 4.98 Å². The molecule has 210 valence electrons. The Kier molecular flexibility index (Phi) is 6.56. The average molecular weight is 557 g/mol.